The Hall–Kier alpha value is -3.54. The number of ether oxygens (including phenoxy) is 1. The summed E-state index contributed by atoms with van der Waals surface area (Å²) in [4.78, 5) is 26.3. The van der Waals surface area contributed by atoms with Crippen LogP contribution in [0, 0.1) is 20.8 Å². The fraction of sp³-hybridized carbons (Fsp3) is 0.280. The lowest BCUT2D eigenvalue weighted by Crippen LogP contribution is -2.41. The van der Waals surface area contributed by atoms with Crippen LogP contribution in [0.25, 0.3) is 10.8 Å². The number of nitrogens with one attached hydrogen (secondary N) is 2. The van der Waals surface area contributed by atoms with Gasteiger partial charge in [0.15, 0.2) is 0 Å². The lowest BCUT2D eigenvalue weighted by molar-refractivity contribution is -0.116. The highest BCUT2D eigenvalue weighted by Crippen LogP contribution is 2.23. The first-order valence-electron chi connectivity index (χ1n) is 10.2. The minimum Gasteiger partial charge on any atom is -0.497 e. The molecule has 0 aliphatic rings. The molecule has 2 N–H and O–H groups in total. The highest BCUT2D eigenvalue weighted by atomic mass is 16.5. The zero-order valence-corrected chi connectivity index (χ0v) is 18.7. The van der Waals surface area contributed by atoms with E-state index in [1.807, 2.05) is 69.3 Å². The van der Waals surface area contributed by atoms with Crippen molar-refractivity contribution < 1.29 is 14.3 Å². The number of carbonyl (C=O) groups excluding carboxylic acids is 2. The van der Waals surface area contributed by atoms with Gasteiger partial charge in [-0.25, -0.2) is 4.79 Å². The molecular formula is C25H29N3O3. The third-order valence-electron chi connectivity index (χ3n) is 5.22. The van der Waals surface area contributed by atoms with Crippen molar-refractivity contribution in [2.24, 2.45) is 0 Å². The predicted molar refractivity (Wildman–Crippen MR) is 125 cm³/mol. The number of hydrogen-bond acceptors (Lipinski definition) is 3. The highest BCUT2D eigenvalue weighted by molar-refractivity contribution is 5.95. The normalized spacial score (nSPS) is 10.6. The second-order valence-electron chi connectivity index (χ2n) is 7.88. The molecule has 162 valence electrons. The zero-order valence-electron chi connectivity index (χ0n) is 18.7. The molecule has 0 atom stereocenters. The number of nitrogens with zero attached hydrogens (tertiary/aromatic N) is 1. The maximum atomic E-state index is 12.4. The van der Waals surface area contributed by atoms with Crippen molar-refractivity contribution in [3.05, 3.63) is 70.8 Å². The van der Waals surface area contributed by atoms with Gasteiger partial charge in [-0.1, -0.05) is 35.9 Å². The van der Waals surface area contributed by atoms with Gasteiger partial charge in [0, 0.05) is 19.3 Å². The number of benzene rings is 3. The summed E-state index contributed by atoms with van der Waals surface area (Å²) >= 11 is 0. The molecule has 3 aromatic carbocycles. The average molecular weight is 420 g/mol. The summed E-state index contributed by atoms with van der Waals surface area (Å²) in [6.07, 6.45) is 0. The third kappa shape index (κ3) is 5.54. The molecule has 0 heterocycles. The summed E-state index contributed by atoms with van der Waals surface area (Å²) in [5.74, 6) is 0.580. The van der Waals surface area contributed by atoms with E-state index in [2.05, 4.69) is 10.6 Å². The molecule has 0 unspecified atom stereocenters. The number of anilines is 1. The van der Waals surface area contributed by atoms with Crippen LogP contribution < -0.4 is 15.4 Å². The number of carbonyl (C=O) groups is 2. The van der Waals surface area contributed by atoms with Gasteiger partial charge in [0.1, 0.15) is 12.3 Å². The van der Waals surface area contributed by atoms with Gasteiger partial charge < -0.3 is 20.3 Å². The van der Waals surface area contributed by atoms with Gasteiger partial charge in [0.05, 0.1) is 7.11 Å². The van der Waals surface area contributed by atoms with Crippen LogP contribution in [0.2, 0.25) is 0 Å². The van der Waals surface area contributed by atoms with E-state index in [0.717, 1.165) is 44.5 Å². The number of fused-ring (bicyclic) bond motifs is 1. The Morgan fingerprint density at radius 1 is 0.935 bits per heavy atom. The fourth-order valence-corrected chi connectivity index (χ4v) is 3.67. The molecule has 0 aliphatic carbocycles. The lowest BCUT2D eigenvalue weighted by Gasteiger charge is -2.19. The first-order chi connectivity index (χ1) is 14.8. The van der Waals surface area contributed by atoms with Crippen molar-refractivity contribution in [2.75, 3.05) is 26.0 Å². The Morgan fingerprint density at radius 2 is 1.58 bits per heavy atom. The standard InChI is InChI=1S/C25H29N3O3/c1-16-10-17(2)24(18(3)11-16)27-23(29)15-28(4)25(30)26-14-19-6-7-21-13-22(31-5)9-8-20(21)12-19/h6-13H,14-15H2,1-5H3,(H,26,30)(H,27,29). The van der Waals surface area contributed by atoms with E-state index in [-0.39, 0.29) is 18.5 Å². The van der Waals surface area contributed by atoms with E-state index in [9.17, 15) is 9.59 Å². The van der Waals surface area contributed by atoms with Crippen LogP contribution in [0.4, 0.5) is 10.5 Å². The van der Waals surface area contributed by atoms with Crippen LogP contribution in [-0.4, -0.2) is 37.5 Å². The SMILES string of the molecule is COc1ccc2cc(CNC(=O)N(C)CC(=O)Nc3c(C)cc(C)cc3C)ccc2c1. The smallest absolute Gasteiger partial charge is 0.317 e. The van der Waals surface area contributed by atoms with Crippen molar-refractivity contribution in [1.82, 2.24) is 10.2 Å². The molecule has 3 rings (SSSR count). The van der Waals surface area contributed by atoms with Crippen LogP contribution in [0.3, 0.4) is 0 Å². The number of hydrogen-bond donors (Lipinski definition) is 2. The van der Waals surface area contributed by atoms with E-state index in [1.54, 1.807) is 14.2 Å². The number of aryl methyl sites for hydroxylation is 3. The molecule has 6 nitrogen and oxygen atoms in total. The largest absolute Gasteiger partial charge is 0.497 e. The summed E-state index contributed by atoms with van der Waals surface area (Å²) in [6.45, 7) is 6.30. The Kier molecular flexibility index (Phi) is 6.80. The quantitative estimate of drug-likeness (QED) is 0.616. The van der Waals surface area contributed by atoms with Crippen molar-refractivity contribution in [3.63, 3.8) is 0 Å². The van der Waals surface area contributed by atoms with E-state index < -0.39 is 0 Å². The third-order valence-corrected chi connectivity index (χ3v) is 5.22. The van der Waals surface area contributed by atoms with Gasteiger partial charge in [0.2, 0.25) is 5.91 Å². The van der Waals surface area contributed by atoms with Crippen molar-refractivity contribution in [1.29, 1.82) is 0 Å². The summed E-state index contributed by atoms with van der Waals surface area (Å²) < 4.78 is 5.25. The van der Waals surface area contributed by atoms with Crippen LogP contribution in [0.5, 0.6) is 5.75 Å². The average Bonchev–Trinajstić information content (AvgIpc) is 2.73. The molecule has 0 bridgehead atoms. The van der Waals surface area contributed by atoms with Gasteiger partial charge in [-0.15, -0.1) is 0 Å². The van der Waals surface area contributed by atoms with Crippen LogP contribution in [-0.2, 0) is 11.3 Å². The number of amides is 3. The Balaban J connectivity index is 1.56. The maximum absolute atomic E-state index is 12.4. The van der Waals surface area contributed by atoms with E-state index in [4.69, 9.17) is 4.74 Å². The Labute approximate surface area is 183 Å². The maximum Gasteiger partial charge on any atom is 0.317 e. The molecule has 0 saturated carbocycles. The lowest BCUT2D eigenvalue weighted by atomic mass is 10.1. The van der Waals surface area contributed by atoms with Crippen molar-refractivity contribution in [3.8, 4) is 5.75 Å². The minimum absolute atomic E-state index is 0.0316. The number of urea groups is 1. The van der Waals surface area contributed by atoms with Crippen LogP contribution in [0.15, 0.2) is 48.5 Å². The number of methoxy groups -OCH3 is 1. The zero-order chi connectivity index (χ0) is 22.5. The first kappa shape index (κ1) is 22.2. The summed E-state index contributed by atoms with van der Waals surface area (Å²) in [6, 6.07) is 15.6. The van der Waals surface area contributed by atoms with Gasteiger partial charge in [-0.05, 0) is 66.4 Å². The van der Waals surface area contributed by atoms with E-state index in [0.29, 0.717) is 6.54 Å². The number of rotatable bonds is 6. The molecular weight excluding hydrogens is 390 g/mol. The summed E-state index contributed by atoms with van der Waals surface area (Å²) in [5, 5.41) is 7.94. The molecule has 0 aliphatic heterocycles. The first-order valence-corrected chi connectivity index (χ1v) is 10.2. The van der Waals surface area contributed by atoms with E-state index >= 15 is 0 Å². The second-order valence-corrected chi connectivity index (χ2v) is 7.88. The molecule has 31 heavy (non-hydrogen) atoms. The molecule has 3 aromatic rings. The highest BCUT2D eigenvalue weighted by Gasteiger charge is 2.14. The van der Waals surface area contributed by atoms with E-state index in [1.165, 1.54) is 4.90 Å². The summed E-state index contributed by atoms with van der Waals surface area (Å²) in [7, 11) is 3.25. The molecule has 0 spiro atoms. The van der Waals surface area contributed by atoms with Crippen LogP contribution >= 0.6 is 0 Å². The van der Waals surface area contributed by atoms with Crippen molar-refractivity contribution >= 4 is 28.4 Å². The van der Waals surface area contributed by atoms with Gasteiger partial charge >= 0.3 is 6.03 Å². The van der Waals surface area contributed by atoms with Crippen molar-refractivity contribution in [2.45, 2.75) is 27.3 Å². The molecule has 0 saturated heterocycles. The molecule has 3 amide bonds. The minimum atomic E-state index is -0.303. The van der Waals surface area contributed by atoms with Gasteiger partial charge in [-0.3, -0.25) is 4.79 Å². The molecule has 6 heteroatoms. The van der Waals surface area contributed by atoms with Gasteiger partial charge in [-0.2, -0.15) is 0 Å². The Bertz CT molecular complexity index is 1100. The predicted octanol–water partition coefficient (Wildman–Crippen LogP) is 4.55. The fourth-order valence-electron chi connectivity index (χ4n) is 3.67. The van der Waals surface area contributed by atoms with Crippen LogP contribution in [0.1, 0.15) is 22.3 Å². The second kappa shape index (κ2) is 9.51. The molecule has 0 aromatic heterocycles. The molecule has 0 radical (unpaired) electrons. The topological polar surface area (TPSA) is 70.7 Å². The Morgan fingerprint density at radius 3 is 2.26 bits per heavy atom. The number of likely N-dealkylation sites (N-methyl/N-ethyl adjacent to an activating group) is 1. The van der Waals surface area contributed by atoms with Gasteiger partial charge in [0.25, 0.3) is 0 Å². The monoisotopic (exact) mass is 419 g/mol. The molecule has 0 fully saturated rings. The summed E-state index contributed by atoms with van der Waals surface area (Å²) in [5.41, 5.74) is 4.95.